The summed E-state index contributed by atoms with van der Waals surface area (Å²) in [6.45, 7) is 10.4. The van der Waals surface area contributed by atoms with Crippen molar-refractivity contribution in [3.63, 3.8) is 0 Å². The molecule has 26 heavy (non-hydrogen) atoms. The van der Waals surface area contributed by atoms with Gasteiger partial charge in [0, 0.05) is 30.5 Å². The smallest absolute Gasteiger partial charge is 0.191 e. The van der Waals surface area contributed by atoms with Gasteiger partial charge in [-0.3, -0.25) is 0 Å². The molecule has 0 amide bonds. The van der Waals surface area contributed by atoms with Gasteiger partial charge in [0.25, 0.3) is 0 Å². The molecule has 0 bridgehead atoms. The van der Waals surface area contributed by atoms with Gasteiger partial charge < -0.3 is 20.5 Å². The van der Waals surface area contributed by atoms with E-state index in [2.05, 4.69) is 31.4 Å². The fourth-order valence-electron chi connectivity index (χ4n) is 4.40. The van der Waals surface area contributed by atoms with Crippen LogP contribution in [0.3, 0.4) is 0 Å². The van der Waals surface area contributed by atoms with Crippen molar-refractivity contribution in [3.8, 4) is 0 Å². The zero-order valence-electron chi connectivity index (χ0n) is 16.5. The second kappa shape index (κ2) is 7.57. The molecule has 4 atom stereocenters. The van der Waals surface area contributed by atoms with Crippen molar-refractivity contribution < 1.29 is 9.84 Å². The summed E-state index contributed by atoms with van der Waals surface area (Å²) in [5.41, 5.74) is -0.0253. The van der Waals surface area contributed by atoms with Crippen molar-refractivity contribution in [2.24, 2.45) is 16.3 Å². The van der Waals surface area contributed by atoms with Crippen molar-refractivity contribution in [2.45, 2.75) is 58.3 Å². The van der Waals surface area contributed by atoms with Crippen LogP contribution in [0.15, 0.2) is 35.3 Å². The highest BCUT2D eigenvalue weighted by molar-refractivity contribution is 5.80. The van der Waals surface area contributed by atoms with Crippen LogP contribution in [0.25, 0.3) is 0 Å². The molecule has 144 valence electrons. The van der Waals surface area contributed by atoms with Crippen LogP contribution < -0.4 is 10.6 Å². The van der Waals surface area contributed by atoms with E-state index in [1.165, 1.54) is 6.42 Å². The number of fused-ring (bicyclic) bond motifs is 1. The summed E-state index contributed by atoms with van der Waals surface area (Å²) in [5.74, 6) is 1.31. The van der Waals surface area contributed by atoms with Gasteiger partial charge in [-0.1, -0.05) is 44.2 Å². The van der Waals surface area contributed by atoms with E-state index in [1.54, 1.807) is 0 Å². The normalized spacial score (nSPS) is 29.9. The van der Waals surface area contributed by atoms with E-state index < -0.39 is 5.60 Å². The number of hydrogen-bond donors (Lipinski definition) is 3. The Hall–Kier alpha value is -1.59. The van der Waals surface area contributed by atoms with Crippen LogP contribution in [0.4, 0.5) is 0 Å². The van der Waals surface area contributed by atoms with Crippen LogP contribution in [-0.2, 0) is 10.3 Å². The van der Waals surface area contributed by atoms with Crippen LogP contribution in [0.1, 0.15) is 46.1 Å². The molecule has 0 radical (unpaired) electrons. The highest BCUT2D eigenvalue weighted by atomic mass is 16.5. The molecule has 3 N–H and O–H groups in total. The molecule has 1 aliphatic heterocycles. The number of aliphatic imine (C=N–C) groups is 1. The third-order valence-electron chi connectivity index (χ3n) is 5.91. The van der Waals surface area contributed by atoms with Crippen molar-refractivity contribution in [1.82, 2.24) is 10.6 Å². The van der Waals surface area contributed by atoms with Crippen LogP contribution in [0.2, 0.25) is 0 Å². The summed E-state index contributed by atoms with van der Waals surface area (Å²) >= 11 is 0. The largest absolute Gasteiger partial charge is 0.384 e. The first-order valence-electron chi connectivity index (χ1n) is 9.80. The Kier molecular flexibility index (Phi) is 5.58. The van der Waals surface area contributed by atoms with Gasteiger partial charge in [-0.15, -0.1) is 0 Å². The lowest BCUT2D eigenvalue weighted by molar-refractivity contribution is -0.188. The number of benzene rings is 1. The first kappa shape index (κ1) is 19.2. The van der Waals surface area contributed by atoms with E-state index in [9.17, 15) is 5.11 Å². The lowest BCUT2D eigenvalue weighted by Crippen LogP contribution is -2.71. The Morgan fingerprint density at radius 1 is 1.35 bits per heavy atom. The van der Waals surface area contributed by atoms with Crippen LogP contribution in [0.5, 0.6) is 0 Å². The number of aliphatic hydroxyl groups is 1. The fourth-order valence-corrected chi connectivity index (χ4v) is 4.40. The van der Waals surface area contributed by atoms with E-state index in [0.717, 1.165) is 31.1 Å². The molecule has 2 fully saturated rings. The lowest BCUT2D eigenvalue weighted by Gasteiger charge is -2.60. The van der Waals surface area contributed by atoms with Crippen molar-refractivity contribution >= 4 is 5.96 Å². The van der Waals surface area contributed by atoms with Gasteiger partial charge in [-0.25, -0.2) is 4.99 Å². The SMILES string of the molecule is CCNC(=NCC(C)(O)c1ccccc1)NC1C2CCCOC2C1(C)C. The molecule has 4 unspecified atom stereocenters. The number of nitrogens with one attached hydrogen (secondary N) is 2. The first-order chi connectivity index (χ1) is 12.4. The standard InChI is InChI=1S/C21H33N3O2/c1-5-22-19(23-14-21(4,25)15-10-7-6-8-11-15)24-17-16-12-9-13-26-18(16)20(17,2)3/h6-8,10-11,16-18,25H,5,9,12-14H2,1-4H3,(H2,22,23,24). The second-order valence-electron chi connectivity index (χ2n) is 8.38. The monoisotopic (exact) mass is 359 g/mol. The third-order valence-corrected chi connectivity index (χ3v) is 5.91. The van der Waals surface area contributed by atoms with Gasteiger partial charge in [-0.05, 0) is 32.3 Å². The fraction of sp³-hybridized carbons (Fsp3) is 0.667. The topological polar surface area (TPSA) is 65.9 Å². The van der Waals surface area contributed by atoms with Gasteiger partial charge in [-0.2, -0.15) is 0 Å². The molecule has 2 aliphatic rings. The average Bonchev–Trinajstić information content (AvgIpc) is 2.64. The first-order valence-corrected chi connectivity index (χ1v) is 9.80. The van der Waals surface area contributed by atoms with E-state index >= 15 is 0 Å². The summed E-state index contributed by atoms with van der Waals surface area (Å²) in [4.78, 5) is 4.69. The minimum atomic E-state index is -0.991. The molecule has 3 rings (SSSR count). The maximum Gasteiger partial charge on any atom is 0.191 e. The molecule has 5 nitrogen and oxygen atoms in total. The maximum absolute atomic E-state index is 10.8. The Labute approximate surface area is 157 Å². The van der Waals surface area contributed by atoms with Gasteiger partial charge in [0.15, 0.2) is 5.96 Å². The molecular formula is C21H33N3O2. The second-order valence-corrected chi connectivity index (χ2v) is 8.38. The number of rotatable bonds is 5. The molecule has 0 spiro atoms. The molecule has 1 saturated carbocycles. The highest BCUT2D eigenvalue weighted by Gasteiger charge is 2.58. The van der Waals surface area contributed by atoms with E-state index in [4.69, 9.17) is 9.73 Å². The number of hydrogen-bond acceptors (Lipinski definition) is 3. The van der Waals surface area contributed by atoms with Crippen molar-refractivity contribution in [1.29, 1.82) is 0 Å². The zero-order chi connectivity index (χ0) is 18.8. The van der Waals surface area contributed by atoms with Crippen LogP contribution in [0, 0.1) is 11.3 Å². The molecule has 1 aliphatic carbocycles. The predicted octanol–water partition coefficient (Wildman–Crippen LogP) is 2.65. The zero-order valence-corrected chi connectivity index (χ0v) is 16.5. The molecule has 1 aromatic carbocycles. The summed E-state index contributed by atoms with van der Waals surface area (Å²) in [6.07, 6.45) is 2.67. The van der Waals surface area contributed by atoms with Crippen molar-refractivity contribution in [2.75, 3.05) is 19.7 Å². The molecular weight excluding hydrogens is 326 g/mol. The Morgan fingerprint density at radius 3 is 2.77 bits per heavy atom. The van der Waals surface area contributed by atoms with E-state index in [1.807, 2.05) is 37.3 Å². The van der Waals surface area contributed by atoms with E-state index in [0.29, 0.717) is 24.6 Å². The summed E-state index contributed by atoms with van der Waals surface area (Å²) in [7, 11) is 0. The lowest BCUT2D eigenvalue weighted by atomic mass is 9.55. The molecule has 1 aromatic rings. The number of nitrogens with zero attached hydrogens (tertiary/aromatic N) is 1. The van der Waals surface area contributed by atoms with Crippen molar-refractivity contribution in [3.05, 3.63) is 35.9 Å². The minimum Gasteiger partial charge on any atom is -0.384 e. The number of ether oxygens (including phenoxy) is 1. The molecule has 1 heterocycles. The third kappa shape index (κ3) is 3.74. The quantitative estimate of drug-likeness (QED) is 0.559. The summed E-state index contributed by atoms with van der Waals surface area (Å²) in [6, 6.07) is 10.1. The van der Waals surface area contributed by atoms with Gasteiger partial charge in [0.2, 0.25) is 0 Å². The maximum atomic E-state index is 10.8. The van der Waals surface area contributed by atoms with E-state index in [-0.39, 0.29) is 5.41 Å². The highest BCUT2D eigenvalue weighted by Crippen LogP contribution is 2.51. The van der Waals surface area contributed by atoms with Gasteiger partial charge in [0.05, 0.1) is 12.6 Å². The van der Waals surface area contributed by atoms with Gasteiger partial charge in [0.1, 0.15) is 5.60 Å². The Morgan fingerprint density at radius 2 is 2.08 bits per heavy atom. The van der Waals surface area contributed by atoms with Gasteiger partial charge >= 0.3 is 0 Å². The summed E-state index contributed by atoms with van der Waals surface area (Å²) < 4.78 is 6.00. The minimum absolute atomic E-state index is 0.0865. The average molecular weight is 360 g/mol. The van der Waals surface area contributed by atoms with Crippen LogP contribution >= 0.6 is 0 Å². The van der Waals surface area contributed by atoms with Crippen LogP contribution in [-0.4, -0.2) is 42.9 Å². The molecule has 1 saturated heterocycles. The molecule has 0 aromatic heterocycles. The Bertz CT molecular complexity index is 627. The molecule has 5 heteroatoms. The predicted molar refractivity (Wildman–Crippen MR) is 105 cm³/mol. The number of guanidine groups is 1. The summed E-state index contributed by atoms with van der Waals surface area (Å²) in [5, 5.41) is 17.8. The Balaban J connectivity index is 1.70.